The molecule has 0 radical (unpaired) electrons. The highest BCUT2D eigenvalue weighted by molar-refractivity contribution is 9.09. The molecule has 0 atom stereocenters. The number of para-hydroxylation sites is 1. The van der Waals surface area contributed by atoms with E-state index in [0.29, 0.717) is 5.56 Å². The lowest BCUT2D eigenvalue weighted by Gasteiger charge is -1.92. The van der Waals surface area contributed by atoms with Gasteiger partial charge in [0.1, 0.15) is 0 Å². The maximum atomic E-state index is 11.5. The molecule has 0 bridgehead atoms. The monoisotopic (exact) mass is 284 g/mol. The average molecular weight is 285 g/mol. The van der Waals surface area contributed by atoms with E-state index in [1.807, 2.05) is 0 Å². The van der Waals surface area contributed by atoms with Crippen LogP contribution >= 0.6 is 15.9 Å². The molecule has 0 spiro atoms. The molecule has 0 fully saturated rings. The summed E-state index contributed by atoms with van der Waals surface area (Å²) in [6.07, 6.45) is 0. The van der Waals surface area contributed by atoms with Crippen LogP contribution in [0.5, 0.6) is 0 Å². The lowest BCUT2D eigenvalue weighted by Crippen LogP contribution is -2.00. The lowest BCUT2D eigenvalue weighted by molar-refractivity contribution is -0.406. The third-order valence-corrected chi connectivity index (χ3v) is 2.49. The van der Waals surface area contributed by atoms with Gasteiger partial charge in [-0.25, -0.2) is 0 Å². The first-order valence-corrected chi connectivity index (χ1v) is 5.38. The molecule has 0 N–H and O–H groups in total. The van der Waals surface area contributed by atoms with E-state index in [0.717, 1.165) is 0 Å². The van der Waals surface area contributed by atoms with E-state index in [9.17, 15) is 14.9 Å². The summed E-state index contributed by atoms with van der Waals surface area (Å²) in [4.78, 5) is 24.9. The van der Waals surface area contributed by atoms with Gasteiger partial charge in [0, 0.05) is 9.91 Å². The van der Waals surface area contributed by atoms with Crippen molar-refractivity contribution in [3.05, 3.63) is 33.9 Å². The van der Waals surface area contributed by atoms with Crippen LogP contribution in [-0.2, 0) is 0 Å². The van der Waals surface area contributed by atoms with Gasteiger partial charge in [-0.05, 0) is 12.1 Å². The van der Waals surface area contributed by atoms with Crippen molar-refractivity contribution in [2.45, 2.75) is 0 Å². The van der Waals surface area contributed by atoms with E-state index in [1.165, 1.54) is 6.07 Å². The SMILES string of the molecule is O=C(CBr)c1cccc2oc([N+](=O)[O-])nc12. The van der Waals surface area contributed by atoms with Gasteiger partial charge in [0.25, 0.3) is 0 Å². The summed E-state index contributed by atoms with van der Waals surface area (Å²) in [5, 5.41) is 10.6. The number of nitrogens with zero attached hydrogens (tertiary/aromatic N) is 2. The minimum Gasteiger partial charge on any atom is -0.381 e. The second kappa shape index (κ2) is 4.01. The summed E-state index contributed by atoms with van der Waals surface area (Å²) in [6.45, 7) is 0. The van der Waals surface area contributed by atoms with Crippen molar-refractivity contribution in [2.24, 2.45) is 0 Å². The van der Waals surface area contributed by atoms with Gasteiger partial charge >= 0.3 is 6.01 Å². The summed E-state index contributed by atoms with van der Waals surface area (Å²) in [7, 11) is 0. The van der Waals surface area contributed by atoms with Crippen molar-refractivity contribution in [1.82, 2.24) is 4.98 Å². The van der Waals surface area contributed by atoms with Crippen LogP contribution in [0.1, 0.15) is 10.4 Å². The van der Waals surface area contributed by atoms with Crippen molar-refractivity contribution in [3.8, 4) is 0 Å². The number of aromatic nitrogens is 1. The number of Topliss-reactive ketones (excluding diaryl/α,β-unsaturated/α-hetero) is 1. The fraction of sp³-hybridized carbons (Fsp3) is 0.111. The Morgan fingerprint density at radius 3 is 2.94 bits per heavy atom. The van der Waals surface area contributed by atoms with E-state index in [1.54, 1.807) is 12.1 Å². The zero-order valence-electron chi connectivity index (χ0n) is 7.84. The number of rotatable bonds is 3. The van der Waals surface area contributed by atoms with Crippen LogP contribution in [0, 0.1) is 10.1 Å². The van der Waals surface area contributed by atoms with E-state index in [2.05, 4.69) is 20.9 Å². The number of ketones is 1. The first kappa shape index (κ1) is 10.7. The molecule has 0 saturated carbocycles. The predicted octanol–water partition coefficient (Wildman–Crippen LogP) is 2.31. The second-order valence-electron chi connectivity index (χ2n) is 2.96. The van der Waals surface area contributed by atoms with Crippen LogP contribution in [0.3, 0.4) is 0 Å². The van der Waals surface area contributed by atoms with Crippen molar-refractivity contribution in [1.29, 1.82) is 0 Å². The molecule has 0 amide bonds. The lowest BCUT2D eigenvalue weighted by atomic mass is 10.1. The summed E-state index contributed by atoms with van der Waals surface area (Å²) in [5.41, 5.74) is 0.767. The number of benzene rings is 1. The number of alkyl halides is 1. The van der Waals surface area contributed by atoms with Gasteiger partial charge in [-0.1, -0.05) is 22.0 Å². The van der Waals surface area contributed by atoms with Crippen LogP contribution in [0.25, 0.3) is 11.1 Å². The molecule has 2 aromatic rings. The third-order valence-electron chi connectivity index (χ3n) is 1.99. The minimum atomic E-state index is -0.734. The number of hydrogen-bond donors (Lipinski definition) is 0. The highest BCUT2D eigenvalue weighted by Gasteiger charge is 2.22. The van der Waals surface area contributed by atoms with Crippen LogP contribution in [0.2, 0.25) is 0 Å². The van der Waals surface area contributed by atoms with Gasteiger partial charge in [0.2, 0.25) is 5.52 Å². The first-order chi connectivity index (χ1) is 7.63. The number of carbonyl (C=O) groups excluding carboxylic acids is 1. The van der Waals surface area contributed by atoms with Crippen LogP contribution < -0.4 is 0 Å². The Morgan fingerprint density at radius 1 is 1.56 bits per heavy atom. The average Bonchev–Trinajstić information content (AvgIpc) is 2.71. The molecule has 0 aliphatic carbocycles. The van der Waals surface area contributed by atoms with Crippen molar-refractivity contribution in [3.63, 3.8) is 0 Å². The van der Waals surface area contributed by atoms with E-state index >= 15 is 0 Å². The Morgan fingerprint density at radius 2 is 2.31 bits per heavy atom. The smallest absolute Gasteiger partial charge is 0.381 e. The summed E-state index contributed by atoms with van der Waals surface area (Å²) < 4.78 is 4.89. The number of oxazole rings is 1. The van der Waals surface area contributed by atoms with Gasteiger partial charge in [0.15, 0.2) is 11.4 Å². The number of carbonyl (C=O) groups is 1. The third kappa shape index (κ3) is 1.69. The standard InChI is InChI=1S/C9H5BrN2O4/c10-4-6(13)5-2-1-3-7-8(5)11-9(16-7)12(14)15/h1-3H,4H2. The fourth-order valence-corrected chi connectivity index (χ4v) is 1.61. The molecule has 82 valence electrons. The Hall–Kier alpha value is -1.76. The van der Waals surface area contributed by atoms with Crippen LogP contribution in [0.4, 0.5) is 6.01 Å². The van der Waals surface area contributed by atoms with Crippen molar-refractivity contribution < 1.29 is 14.1 Å². The molecule has 0 saturated heterocycles. The zero-order valence-corrected chi connectivity index (χ0v) is 9.43. The molecule has 6 nitrogen and oxygen atoms in total. The zero-order chi connectivity index (χ0) is 11.7. The summed E-state index contributed by atoms with van der Waals surface area (Å²) in [5.74, 6) is -0.200. The molecule has 7 heteroatoms. The molecule has 1 aromatic heterocycles. The minimum absolute atomic E-state index is 0.132. The topological polar surface area (TPSA) is 86.2 Å². The molecule has 1 heterocycles. The molecule has 2 rings (SSSR count). The summed E-state index contributed by atoms with van der Waals surface area (Å²) >= 11 is 3.03. The van der Waals surface area contributed by atoms with E-state index in [4.69, 9.17) is 4.42 Å². The van der Waals surface area contributed by atoms with Crippen molar-refractivity contribution >= 4 is 38.8 Å². The maximum Gasteiger partial charge on any atom is 0.546 e. The maximum absolute atomic E-state index is 11.5. The predicted molar refractivity (Wildman–Crippen MR) is 58.8 cm³/mol. The highest BCUT2D eigenvalue weighted by Crippen LogP contribution is 2.23. The molecule has 0 unspecified atom stereocenters. The quantitative estimate of drug-likeness (QED) is 0.374. The normalized spacial score (nSPS) is 10.6. The van der Waals surface area contributed by atoms with E-state index in [-0.39, 0.29) is 22.2 Å². The highest BCUT2D eigenvalue weighted by atomic mass is 79.9. The Bertz CT molecular complexity index is 578. The first-order valence-electron chi connectivity index (χ1n) is 4.26. The van der Waals surface area contributed by atoms with Gasteiger partial charge < -0.3 is 14.5 Å². The Kier molecular flexibility index (Phi) is 2.69. The van der Waals surface area contributed by atoms with Crippen molar-refractivity contribution in [2.75, 3.05) is 5.33 Å². The number of halogens is 1. The number of fused-ring (bicyclic) bond motifs is 1. The molecule has 1 aromatic carbocycles. The molecule has 0 aliphatic heterocycles. The van der Waals surface area contributed by atoms with Crippen LogP contribution in [0.15, 0.2) is 22.6 Å². The fourth-order valence-electron chi connectivity index (χ4n) is 1.31. The number of hydrogen-bond acceptors (Lipinski definition) is 5. The second-order valence-corrected chi connectivity index (χ2v) is 3.52. The largest absolute Gasteiger partial charge is 0.546 e. The van der Waals surface area contributed by atoms with Crippen LogP contribution in [-0.4, -0.2) is 21.0 Å². The van der Waals surface area contributed by atoms with Gasteiger partial charge in [-0.15, -0.1) is 0 Å². The van der Waals surface area contributed by atoms with Gasteiger partial charge in [0.05, 0.1) is 10.9 Å². The van der Waals surface area contributed by atoms with E-state index < -0.39 is 10.9 Å². The number of nitro groups is 1. The molecule has 0 aliphatic rings. The summed E-state index contributed by atoms with van der Waals surface area (Å²) in [6, 6.07) is 4.07. The Labute approximate surface area is 97.5 Å². The molecular formula is C9H5BrN2O4. The molecule has 16 heavy (non-hydrogen) atoms. The molecular weight excluding hydrogens is 280 g/mol. The van der Waals surface area contributed by atoms with Gasteiger partial charge in [-0.3, -0.25) is 4.79 Å². The van der Waals surface area contributed by atoms with Gasteiger partial charge in [-0.2, -0.15) is 0 Å². The Balaban J connectivity index is 2.67.